The molecule has 0 aliphatic heterocycles. The minimum Gasteiger partial charge on any atom is -0.490 e. The van der Waals surface area contributed by atoms with Crippen LogP contribution in [0.4, 0.5) is 0 Å². The Labute approximate surface area is 174 Å². The molecule has 4 heteroatoms. The summed E-state index contributed by atoms with van der Waals surface area (Å²) in [6, 6.07) is 11.0. The number of benzene rings is 2. The maximum atomic E-state index is 12.7. The van der Waals surface area contributed by atoms with Gasteiger partial charge in [0.25, 0.3) is 5.91 Å². The summed E-state index contributed by atoms with van der Waals surface area (Å²) in [5.41, 5.74) is 4.40. The van der Waals surface area contributed by atoms with E-state index in [9.17, 15) is 9.59 Å². The molecule has 0 aliphatic rings. The smallest absolute Gasteiger partial charge is 0.253 e. The van der Waals surface area contributed by atoms with Gasteiger partial charge in [0.05, 0.1) is 6.10 Å². The van der Waals surface area contributed by atoms with Crippen LogP contribution >= 0.6 is 0 Å². The minimum absolute atomic E-state index is 0.0532. The molecule has 1 amide bonds. The molecule has 2 aromatic carbocycles. The van der Waals surface area contributed by atoms with E-state index in [1.165, 1.54) is 10.5 Å². The summed E-state index contributed by atoms with van der Waals surface area (Å²) in [6.07, 6.45) is 5.25. The van der Waals surface area contributed by atoms with E-state index in [1.807, 2.05) is 19.9 Å². The number of carbonyl (C=O) groups excluding carboxylic acids is 2. The molecule has 0 aliphatic carbocycles. The highest BCUT2D eigenvalue weighted by Gasteiger charge is 2.12. The molecule has 0 unspecified atom stereocenters. The lowest BCUT2D eigenvalue weighted by molar-refractivity contribution is 0.0827. The maximum absolute atomic E-state index is 12.7. The lowest BCUT2D eigenvalue weighted by Crippen LogP contribution is -2.21. The molecular weight excluding hydrogens is 362 g/mol. The van der Waals surface area contributed by atoms with Crippen molar-refractivity contribution in [1.82, 2.24) is 4.90 Å². The lowest BCUT2D eigenvalue weighted by atomic mass is 9.99. The Bertz CT molecular complexity index is 893. The average molecular weight is 394 g/mol. The second-order valence-corrected chi connectivity index (χ2v) is 7.52. The van der Waals surface area contributed by atoms with Crippen LogP contribution in [0.25, 0.3) is 6.08 Å². The predicted octanol–water partition coefficient (Wildman–Crippen LogP) is 5.20. The Morgan fingerprint density at radius 1 is 1.00 bits per heavy atom. The number of hydrogen-bond donors (Lipinski definition) is 0. The van der Waals surface area contributed by atoms with Crippen LogP contribution in [-0.2, 0) is 12.8 Å². The third-order valence-corrected chi connectivity index (χ3v) is 4.63. The lowest BCUT2D eigenvalue weighted by Gasteiger charge is -2.18. The van der Waals surface area contributed by atoms with E-state index in [0.717, 1.165) is 29.7 Å². The molecule has 0 heterocycles. The van der Waals surface area contributed by atoms with Gasteiger partial charge in [0, 0.05) is 30.8 Å². The summed E-state index contributed by atoms with van der Waals surface area (Å²) < 4.78 is 6.06. The van der Waals surface area contributed by atoms with Crippen molar-refractivity contribution < 1.29 is 14.3 Å². The van der Waals surface area contributed by atoms with Gasteiger partial charge in [-0.1, -0.05) is 32.0 Å². The first-order valence-corrected chi connectivity index (χ1v) is 10.1. The summed E-state index contributed by atoms with van der Waals surface area (Å²) in [7, 11) is 3.41. The van der Waals surface area contributed by atoms with Crippen molar-refractivity contribution >= 4 is 17.8 Å². The summed E-state index contributed by atoms with van der Waals surface area (Å²) in [6.45, 7) is 8.23. The number of hydrogen-bond acceptors (Lipinski definition) is 3. The first-order valence-electron chi connectivity index (χ1n) is 10.1. The number of ether oxygens (including phenoxy) is 1. The van der Waals surface area contributed by atoms with Gasteiger partial charge >= 0.3 is 0 Å². The van der Waals surface area contributed by atoms with Gasteiger partial charge in [0.15, 0.2) is 5.78 Å². The Kier molecular flexibility index (Phi) is 7.77. The SMILES string of the molecule is CCc1cc(C=CC(=O)c2ccc(C(=O)N(C)C)cc2)c(OC(C)C)c(CC)c1. The first-order chi connectivity index (χ1) is 13.8. The van der Waals surface area contributed by atoms with Crippen molar-refractivity contribution in [2.24, 2.45) is 0 Å². The molecule has 29 heavy (non-hydrogen) atoms. The highest BCUT2D eigenvalue weighted by molar-refractivity contribution is 6.07. The standard InChI is InChI=1S/C25H31NO3/c1-7-18-15-19(8-2)24(29-17(3)4)22(16-18)13-14-23(27)20-9-11-21(12-10-20)25(28)26(5)6/h9-17H,7-8H2,1-6H3. The fourth-order valence-corrected chi connectivity index (χ4v) is 3.05. The number of allylic oxidation sites excluding steroid dienone is 1. The highest BCUT2D eigenvalue weighted by Crippen LogP contribution is 2.29. The Morgan fingerprint density at radius 3 is 2.14 bits per heavy atom. The predicted molar refractivity (Wildman–Crippen MR) is 119 cm³/mol. The quantitative estimate of drug-likeness (QED) is 0.458. The highest BCUT2D eigenvalue weighted by atomic mass is 16.5. The van der Waals surface area contributed by atoms with Gasteiger partial charge in [-0.25, -0.2) is 0 Å². The molecule has 0 atom stereocenters. The number of carbonyl (C=O) groups is 2. The zero-order valence-electron chi connectivity index (χ0n) is 18.3. The fourth-order valence-electron chi connectivity index (χ4n) is 3.05. The van der Waals surface area contributed by atoms with E-state index < -0.39 is 0 Å². The summed E-state index contributed by atoms with van der Waals surface area (Å²) in [5.74, 6) is 0.651. The Morgan fingerprint density at radius 2 is 1.62 bits per heavy atom. The molecule has 2 rings (SSSR count). The summed E-state index contributed by atoms with van der Waals surface area (Å²) >= 11 is 0. The number of ketones is 1. The van der Waals surface area contributed by atoms with Gasteiger partial charge in [-0.05, 0) is 68.2 Å². The van der Waals surface area contributed by atoms with E-state index >= 15 is 0 Å². The molecule has 0 fully saturated rings. The summed E-state index contributed by atoms with van der Waals surface area (Å²) in [4.78, 5) is 26.2. The van der Waals surface area contributed by atoms with Crippen LogP contribution in [0.1, 0.15) is 65.1 Å². The molecule has 2 aromatic rings. The summed E-state index contributed by atoms with van der Waals surface area (Å²) in [5, 5.41) is 0. The van der Waals surface area contributed by atoms with Crippen LogP contribution in [0.2, 0.25) is 0 Å². The van der Waals surface area contributed by atoms with Crippen molar-refractivity contribution in [3.63, 3.8) is 0 Å². The van der Waals surface area contributed by atoms with Crippen LogP contribution < -0.4 is 4.74 Å². The number of amides is 1. The van der Waals surface area contributed by atoms with E-state index in [1.54, 1.807) is 44.4 Å². The molecule has 0 spiro atoms. The number of nitrogens with zero attached hydrogens (tertiary/aromatic N) is 1. The topological polar surface area (TPSA) is 46.6 Å². The second-order valence-electron chi connectivity index (χ2n) is 7.52. The minimum atomic E-state index is -0.107. The maximum Gasteiger partial charge on any atom is 0.253 e. The molecule has 154 valence electrons. The fraction of sp³-hybridized carbons (Fsp3) is 0.360. The van der Waals surface area contributed by atoms with Crippen LogP contribution in [0.15, 0.2) is 42.5 Å². The largest absolute Gasteiger partial charge is 0.490 e. The monoisotopic (exact) mass is 393 g/mol. The Balaban J connectivity index is 2.32. The third-order valence-electron chi connectivity index (χ3n) is 4.63. The van der Waals surface area contributed by atoms with Gasteiger partial charge in [-0.15, -0.1) is 0 Å². The normalized spacial score (nSPS) is 11.1. The van der Waals surface area contributed by atoms with Gasteiger partial charge in [-0.2, -0.15) is 0 Å². The Hall–Kier alpha value is -2.88. The van der Waals surface area contributed by atoms with E-state index in [2.05, 4.69) is 26.0 Å². The van der Waals surface area contributed by atoms with Crippen LogP contribution in [0.3, 0.4) is 0 Å². The molecule has 0 saturated carbocycles. The zero-order valence-corrected chi connectivity index (χ0v) is 18.3. The molecule has 4 nitrogen and oxygen atoms in total. The van der Waals surface area contributed by atoms with Gasteiger partial charge in [-0.3, -0.25) is 9.59 Å². The molecule has 0 saturated heterocycles. The molecule has 0 aromatic heterocycles. The second kappa shape index (κ2) is 10.1. The third kappa shape index (κ3) is 5.80. The van der Waals surface area contributed by atoms with Crippen molar-refractivity contribution in [1.29, 1.82) is 0 Å². The average Bonchev–Trinajstić information content (AvgIpc) is 2.71. The van der Waals surface area contributed by atoms with Crippen molar-refractivity contribution in [3.05, 3.63) is 70.3 Å². The molecule has 0 N–H and O–H groups in total. The van der Waals surface area contributed by atoms with Crippen molar-refractivity contribution in [3.8, 4) is 5.75 Å². The molecular formula is C25H31NO3. The van der Waals surface area contributed by atoms with Crippen LogP contribution in [-0.4, -0.2) is 36.8 Å². The van der Waals surface area contributed by atoms with Gasteiger partial charge in [0.2, 0.25) is 0 Å². The first kappa shape index (κ1) is 22.4. The van der Waals surface area contributed by atoms with Crippen LogP contribution in [0.5, 0.6) is 5.75 Å². The number of rotatable bonds is 8. The van der Waals surface area contributed by atoms with Crippen molar-refractivity contribution in [2.75, 3.05) is 14.1 Å². The van der Waals surface area contributed by atoms with Gasteiger partial charge in [0.1, 0.15) is 5.75 Å². The van der Waals surface area contributed by atoms with Crippen LogP contribution in [0, 0.1) is 0 Å². The van der Waals surface area contributed by atoms with E-state index in [-0.39, 0.29) is 17.8 Å². The van der Waals surface area contributed by atoms with E-state index in [0.29, 0.717) is 11.1 Å². The molecule has 0 bridgehead atoms. The van der Waals surface area contributed by atoms with Gasteiger partial charge < -0.3 is 9.64 Å². The zero-order chi connectivity index (χ0) is 21.6. The number of aryl methyl sites for hydroxylation is 2. The molecule has 0 radical (unpaired) electrons. The van der Waals surface area contributed by atoms with Crippen molar-refractivity contribution in [2.45, 2.75) is 46.6 Å². The van der Waals surface area contributed by atoms with E-state index in [4.69, 9.17) is 4.74 Å².